The van der Waals surface area contributed by atoms with E-state index >= 15 is 0 Å². The normalized spacial score (nSPS) is 22.9. The monoisotopic (exact) mass is 426 g/mol. The number of hydrogen-bond acceptors (Lipinski definition) is 6. The number of hydrogen-bond donors (Lipinski definition) is 0. The zero-order valence-electron chi connectivity index (χ0n) is 17.7. The van der Waals surface area contributed by atoms with E-state index in [-0.39, 0.29) is 24.0 Å². The molecule has 2 aliphatic rings. The van der Waals surface area contributed by atoms with Crippen LogP contribution in [0.2, 0.25) is 0 Å². The molecule has 1 aromatic carbocycles. The summed E-state index contributed by atoms with van der Waals surface area (Å²) in [7, 11) is 0. The van der Waals surface area contributed by atoms with E-state index < -0.39 is 0 Å². The van der Waals surface area contributed by atoms with Crippen molar-refractivity contribution in [1.82, 2.24) is 14.9 Å². The van der Waals surface area contributed by atoms with Gasteiger partial charge >= 0.3 is 0 Å². The first-order chi connectivity index (χ1) is 14.6. The Kier molecular flexibility index (Phi) is 6.89. The molecular formula is C23H30N4O2S. The highest BCUT2D eigenvalue weighted by Gasteiger charge is 2.32. The highest BCUT2D eigenvalue weighted by atomic mass is 32.2. The van der Waals surface area contributed by atoms with Crippen LogP contribution in [0.15, 0.2) is 47.8 Å². The first-order valence-electron chi connectivity index (χ1n) is 10.8. The number of piperidine rings is 1. The summed E-state index contributed by atoms with van der Waals surface area (Å²) >= 11 is 1.70. The number of carbonyl (C=O) groups excluding carboxylic acids is 1. The standard InChI is InChI=1S/C23H30N4O2S/c1-17-14-27(15-18(2)29-17)23(28)20-8-10-26(11-9-20)21-12-24-13-22(25-21)30-16-19-6-4-3-5-7-19/h3-7,12-13,17-18,20H,8-11,14-16H2,1-2H3. The van der Waals surface area contributed by atoms with Gasteiger partial charge in [-0.3, -0.25) is 9.78 Å². The van der Waals surface area contributed by atoms with E-state index in [2.05, 4.69) is 34.1 Å². The van der Waals surface area contributed by atoms with Crippen molar-refractivity contribution in [2.75, 3.05) is 31.1 Å². The molecule has 1 aromatic heterocycles. The van der Waals surface area contributed by atoms with Crippen LogP contribution in [-0.2, 0) is 15.3 Å². The number of amides is 1. The van der Waals surface area contributed by atoms with Crippen molar-refractivity contribution in [3.8, 4) is 0 Å². The second-order valence-electron chi connectivity index (χ2n) is 8.25. The van der Waals surface area contributed by atoms with Gasteiger partial charge in [0.1, 0.15) is 10.8 Å². The molecule has 2 aliphatic heterocycles. The van der Waals surface area contributed by atoms with E-state index in [1.165, 1.54) is 5.56 Å². The average Bonchev–Trinajstić information content (AvgIpc) is 2.77. The van der Waals surface area contributed by atoms with Crippen LogP contribution in [-0.4, -0.2) is 59.2 Å². The number of rotatable bonds is 5. The zero-order chi connectivity index (χ0) is 20.9. The molecule has 0 spiro atoms. The molecule has 2 fully saturated rings. The van der Waals surface area contributed by atoms with Gasteiger partial charge in [0.25, 0.3) is 0 Å². The molecule has 3 heterocycles. The number of anilines is 1. The number of nitrogens with zero attached hydrogens (tertiary/aromatic N) is 4. The Morgan fingerprint density at radius 1 is 1.10 bits per heavy atom. The van der Waals surface area contributed by atoms with E-state index in [4.69, 9.17) is 9.72 Å². The molecule has 6 nitrogen and oxygen atoms in total. The Morgan fingerprint density at radius 3 is 2.50 bits per heavy atom. The highest BCUT2D eigenvalue weighted by molar-refractivity contribution is 7.98. The van der Waals surface area contributed by atoms with Crippen LogP contribution in [0.5, 0.6) is 0 Å². The molecule has 0 aliphatic carbocycles. The van der Waals surface area contributed by atoms with Gasteiger partial charge in [-0.05, 0) is 32.3 Å². The number of morpholine rings is 1. The fourth-order valence-electron chi connectivity index (χ4n) is 4.26. The van der Waals surface area contributed by atoms with Crippen LogP contribution in [0.25, 0.3) is 0 Å². The maximum Gasteiger partial charge on any atom is 0.225 e. The smallest absolute Gasteiger partial charge is 0.225 e. The predicted octanol–water partition coefficient (Wildman–Crippen LogP) is 3.62. The zero-order valence-corrected chi connectivity index (χ0v) is 18.6. The van der Waals surface area contributed by atoms with Crippen molar-refractivity contribution < 1.29 is 9.53 Å². The van der Waals surface area contributed by atoms with E-state index in [1.54, 1.807) is 11.8 Å². The van der Waals surface area contributed by atoms with E-state index in [0.29, 0.717) is 13.1 Å². The second kappa shape index (κ2) is 9.79. The van der Waals surface area contributed by atoms with Gasteiger partial charge in [-0.25, -0.2) is 4.98 Å². The average molecular weight is 427 g/mol. The molecule has 160 valence electrons. The van der Waals surface area contributed by atoms with Crippen molar-refractivity contribution in [3.05, 3.63) is 48.3 Å². The minimum Gasteiger partial charge on any atom is -0.372 e. The summed E-state index contributed by atoms with van der Waals surface area (Å²) in [5, 5.41) is 0.936. The SMILES string of the molecule is CC1CN(C(=O)C2CCN(c3cncc(SCc4ccccc4)n3)CC2)CC(C)O1. The minimum absolute atomic E-state index is 0.0994. The summed E-state index contributed by atoms with van der Waals surface area (Å²) in [6, 6.07) is 10.4. The second-order valence-corrected chi connectivity index (χ2v) is 9.25. The summed E-state index contributed by atoms with van der Waals surface area (Å²) in [4.78, 5) is 26.4. The minimum atomic E-state index is 0.0994. The first kappa shape index (κ1) is 21.1. The van der Waals surface area contributed by atoms with E-state index in [1.807, 2.05) is 37.2 Å². The van der Waals surface area contributed by atoms with Gasteiger partial charge in [-0.2, -0.15) is 0 Å². The van der Waals surface area contributed by atoms with Gasteiger partial charge in [0.05, 0.1) is 24.6 Å². The molecule has 2 unspecified atom stereocenters. The molecule has 0 bridgehead atoms. The van der Waals surface area contributed by atoms with Crippen LogP contribution in [0, 0.1) is 5.92 Å². The Bertz CT molecular complexity index is 832. The van der Waals surface area contributed by atoms with Crippen LogP contribution in [0.3, 0.4) is 0 Å². The fourth-order valence-corrected chi connectivity index (χ4v) is 5.06. The molecule has 0 saturated carbocycles. The van der Waals surface area contributed by atoms with E-state index in [9.17, 15) is 4.79 Å². The number of ether oxygens (including phenoxy) is 1. The Labute approximate surface area is 183 Å². The van der Waals surface area contributed by atoms with Gasteiger partial charge in [-0.1, -0.05) is 30.3 Å². The van der Waals surface area contributed by atoms with E-state index in [0.717, 1.165) is 42.5 Å². The van der Waals surface area contributed by atoms with Crippen molar-refractivity contribution in [2.45, 2.75) is 49.7 Å². The van der Waals surface area contributed by atoms with Crippen LogP contribution < -0.4 is 4.90 Å². The number of thioether (sulfide) groups is 1. The van der Waals surface area contributed by atoms with Gasteiger partial charge in [0, 0.05) is 37.8 Å². The molecule has 2 saturated heterocycles. The predicted molar refractivity (Wildman–Crippen MR) is 120 cm³/mol. The highest BCUT2D eigenvalue weighted by Crippen LogP contribution is 2.27. The summed E-state index contributed by atoms with van der Waals surface area (Å²) < 4.78 is 5.77. The maximum absolute atomic E-state index is 13.0. The van der Waals surface area contributed by atoms with Gasteiger partial charge < -0.3 is 14.5 Å². The fraction of sp³-hybridized carbons (Fsp3) is 0.522. The first-order valence-corrected chi connectivity index (χ1v) is 11.7. The summed E-state index contributed by atoms with van der Waals surface area (Å²) in [6.45, 7) is 7.17. The lowest BCUT2D eigenvalue weighted by atomic mass is 9.94. The van der Waals surface area contributed by atoms with Crippen molar-refractivity contribution in [1.29, 1.82) is 0 Å². The lowest BCUT2D eigenvalue weighted by Crippen LogP contribution is -2.51. The molecule has 2 aromatic rings. The molecule has 0 radical (unpaired) electrons. The molecule has 1 amide bonds. The largest absolute Gasteiger partial charge is 0.372 e. The number of aromatic nitrogens is 2. The van der Waals surface area contributed by atoms with Gasteiger partial charge in [-0.15, -0.1) is 11.8 Å². The molecule has 30 heavy (non-hydrogen) atoms. The van der Waals surface area contributed by atoms with Crippen molar-refractivity contribution >= 4 is 23.5 Å². The topological polar surface area (TPSA) is 58.6 Å². The van der Waals surface area contributed by atoms with Crippen LogP contribution in [0.4, 0.5) is 5.82 Å². The molecule has 0 N–H and O–H groups in total. The summed E-state index contributed by atoms with van der Waals surface area (Å²) in [5.74, 6) is 2.18. The van der Waals surface area contributed by atoms with Crippen LogP contribution in [0.1, 0.15) is 32.3 Å². The van der Waals surface area contributed by atoms with Gasteiger partial charge in [0.15, 0.2) is 0 Å². The summed E-state index contributed by atoms with van der Waals surface area (Å²) in [6.07, 6.45) is 5.62. The molecule has 2 atom stereocenters. The lowest BCUT2D eigenvalue weighted by Gasteiger charge is -2.39. The van der Waals surface area contributed by atoms with Crippen LogP contribution >= 0.6 is 11.8 Å². The number of carbonyl (C=O) groups is 1. The summed E-state index contributed by atoms with van der Waals surface area (Å²) in [5.41, 5.74) is 1.28. The molecular weight excluding hydrogens is 396 g/mol. The Balaban J connectivity index is 1.31. The maximum atomic E-state index is 13.0. The van der Waals surface area contributed by atoms with Crippen molar-refractivity contribution in [2.24, 2.45) is 5.92 Å². The number of benzene rings is 1. The third-order valence-electron chi connectivity index (χ3n) is 5.73. The molecule has 7 heteroatoms. The third-order valence-corrected chi connectivity index (χ3v) is 6.70. The van der Waals surface area contributed by atoms with Gasteiger partial charge in [0.2, 0.25) is 5.91 Å². The molecule has 4 rings (SSSR count). The Hall–Kier alpha value is -2.12. The van der Waals surface area contributed by atoms with Crippen molar-refractivity contribution in [3.63, 3.8) is 0 Å². The Morgan fingerprint density at radius 2 is 1.80 bits per heavy atom. The lowest BCUT2D eigenvalue weighted by molar-refractivity contribution is -0.148. The third kappa shape index (κ3) is 5.32. The quantitative estimate of drug-likeness (QED) is 0.681.